The number of nitrogens with zero attached hydrogens (tertiary/aromatic N) is 1. The SMILES string of the molecule is CCC(C)C(C)NC(=O)c1ccncc1Cl. The molecule has 0 aliphatic rings. The minimum atomic E-state index is -0.139. The van der Waals surface area contributed by atoms with Crippen molar-refractivity contribution in [3.8, 4) is 0 Å². The molecule has 4 heteroatoms. The van der Waals surface area contributed by atoms with Gasteiger partial charge in [0.15, 0.2) is 0 Å². The molecular weight excluding hydrogens is 224 g/mol. The summed E-state index contributed by atoms with van der Waals surface area (Å²) in [5, 5.41) is 3.32. The van der Waals surface area contributed by atoms with Crippen molar-refractivity contribution in [3.05, 3.63) is 29.0 Å². The summed E-state index contributed by atoms with van der Waals surface area (Å²) in [6, 6.07) is 1.77. The number of hydrogen-bond acceptors (Lipinski definition) is 2. The van der Waals surface area contributed by atoms with Crippen LogP contribution in [0.4, 0.5) is 0 Å². The van der Waals surface area contributed by atoms with Gasteiger partial charge < -0.3 is 5.32 Å². The van der Waals surface area contributed by atoms with E-state index in [4.69, 9.17) is 11.6 Å². The summed E-state index contributed by atoms with van der Waals surface area (Å²) in [7, 11) is 0. The Labute approximate surface area is 101 Å². The molecule has 0 bridgehead atoms. The first-order valence-corrected chi connectivity index (χ1v) is 5.84. The van der Waals surface area contributed by atoms with Gasteiger partial charge in [-0.05, 0) is 18.9 Å². The van der Waals surface area contributed by atoms with Crippen LogP contribution in [0.2, 0.25) is 5.02 Å². The first kappa shape index (κ1) is 13.0. The third-order valence-electron chi connectivity index (χ3n) is 2.87. The number of carbonyl (C=O) groups is 1. The average Bonchev–Trinajstić information content (AvgIpc) is 2.28. The highest BCUT2D eigenvalue weighted by Crippen LogP contribution is 2.14. The summed E-state index contributed by atoms with van der Waals surface area (Å²) in [6.07, 6.45) is 4.07. The van der Waals surface area contributed by atoms with Gasteiger partial charge in [0.25, 0.3) is 5.91 Å². The molecular formula is C12H17ClN2O. The van der Waals surface area contributed by atoms with Gasteiger partial charge in [-0.2, -0.15) is 0 Å². The number of nitrogens with one attached hydrogen (secondary N) is 1. The Morgan fingerprint density at radius 1 is 1.56 bits per heavy atom. The van der Waals surface area contributed by atoms with Crippen LogP contribution in [0.25, 0.3) is 0 Å². The molecule has 16 heavy (non-hydrogen) atoms. The topological polar surface area (TPSA) is 42.0 Å². The van der Waals surface area contributed by atoms with Crippen LogP contribution in [-0.2, 0) is 0 Å². The largest absolute Gasteiger partial charge is 0.349 e. The number of aromatic nitrogens is 1. The van der Waals surface area contributed by atoms with Crippen LogP contribution in [0.3, 0.4) is 0 Å². The zero-order chi connectivity index (χ0) is 12.1. The number of hydrogen-bond donors (Lipinski definition) is 1. The van der Waals surface area contributed by atoms with Gasteiger partial charge in [-0.3, -0.25) is 9.78 Å². The lowest BCUT2D eigenvalue weighted by atomic mass is 10.0. The van der Waals surface area contributed by atoms with Gasteiger partial charge in [-0.15, -0.1) is 0 Å². The number of halogens is 1. The van der Waals surface area contributed by atoms with Crippen molar-refractivity contribution in [2.75, 3.05) is 0 Å². The molecule has 2 atom stereocenters. The molecule has 0 saturated carbocycles. The van der Waals surface area contributed by atoms with E-state index in [1.54, 1.807) is 12.3 Å². The molecule has 0 aliphatic carbocycles. The van der Waals surface area contributed by atoms with Crippen LogP contribution >= 0.6 is 11.6 Å². The minimum absolute atomic E-state index is 0.139. The molecule has 1 aromatic heterocycles. The van der Waals surface area contributed by atoms with Crippen LogP contribution < -0.4 is 5.32 Å². The highest BCUT2D eigenvalue weighted by Gasteiger charge is 2.16. The van der Waals surface area contributed by atoms with Crippen molar-refractivity contribution in [3.63, 3.8) is 0 Å². The predicted octanol–water partition coefficient (Wildman–Crippen LogP) is 2.90. The number of rotatable bonds is 4. The van der Waals surface area contributed by atoms with E-state index in [1.165, 1.54) is 6.20 Å². The molecule has 1 N–H and O–H groups in total. The van der Waals surface area contributed by atoms with Crippen LogP contribution in [0, 0.1) is 5.92 Å². The molecule has 1 heterocycles. The Hall–Kier alpha value is -1.09. The molecule has 3 nitrogen and oxygen atoms in total. The summed E-state index contributed by atoms with van der Waals surface area (Å²) < 4.78 is 0. The minimum Gasteiger partial charge on any atom is -0.349 e. The maximum atomic E-state index is 11.9. The maximum Gasteiger partial charge on any atom is 0.253 e. The molecule has 0 radical (unpaired) electrons. The number of carbonyl (C=O) groups excluding carboxylic acids is 1. The van der Waals surface area contributed by atoms with E-state index < -0.39 is 0 Å². The fraction of sp³-hybridized carbons (Fsp3) is 0.500. The molecule has 0 spiro atoms. The smallest absolute Gasteiger partial charge is 0.253 e. The lowest BCUT2D eigenvalue weighted by Gasteiger charge is -2.20. The summed E-state index contributed by atoms with van der Waals surface area (Å²) in [4.78, 5) is 15.7. The average molecular weight is 241 g/mol. The third kappa shape index (κ3) is 3.20. The highest BCUT2D eigenvalue weighted by molar-refractivity contribution is 6.33. The molecule has 0 saturated heterocycles. The Balaban J connectivity index is 2.70. The molecule has 0 aromatic carbocycles. The highest BCUT2D eigenvalue weighted by atomic mass is 35.5. The van der Waals surface area contributed by atoms with Crippen molar-refractivity contribution in [2.45, 2.75) is 33.2 Å². The third-order valence-corrected chi connectivity index (χ3v) is 3.17. The first-order chi connectivity index (χ1) is 7.56. The normalized spacial score (nSPS) is 14.2. The Bertz CT molecular complexity index is 368. The fourth-order valence-corrected chi connectivity index (χ4v) is 1.54. The van der Waals surface area contributed by atoms with E-state index in [0.29, 0.717) is 16.5 Å². The Kier molecular flexibility index (Phi) is 4.74. The molecule has 1 aromatic rings. The number of amides is 1. The van der Waals surface area contributed by atoms with Gasteiger partial charge in [-0.1, -0.05) is 31.9 Å². The number of pyridine rings is 1. The zero-order valence-corrected chi connectivity index (χ0v) is 10.6. The maximum absolute atomic E-state index is 11.9. The van der Waals surface area contributed by atoms with Crippen LogP contribution in [0.15, 0.2) is 18.5 Å². The van der Waals surface area contributed by atoms with Gasteiger partial charge >= 0.3 is 0 Å². The van der Waals surface area contributed by atoms with Crippen molar-refractivity contribution < 1.29 is 4.79 Å². The second-order valence-electron chi connectivity index (χ2n) is 4.00. The van der Waals surface area contributed by atoms with E-state index in [0.717, 1.165) is 6.42 Å². The van der Waals surface area contributed by atoms with Crippen LogP contribution in [-0.4, -0.2) is 16.9 Å². The fourth-order valence-electron chi connectivity index (χ4n) is 1.34. The summed E-state index contributed by atoms with van der Waals surface area (Å²) in [5.74, 6) is 0.310. The van der Waals surface area contributed by atoms with Crippen LogP contribution in [0.5, 0.6) is 0 Å². The van der Waals surface area contributed by atoms with E-state index in [9.17, 15) is 4.79 Å². The molecule has 88 valence electrons. The molecule has 1 amide bonds. The first-order valence-electron chi connectivity index (χ1n) is 5.46. The predicted molar refractivity (Wildman–Crippen MR) is 65.6 cm³/mol. The van der Waals surface area contributed by atoms with E-state index in [1.807, 2.05) is 6.92 Å². The molecule has 0 fully saturated rings. The van der Waals surface area contributed by atoms with Crippen molar-refractivity contribution in [1.29, 1.82) is 0 Å². The Morgan fingerprint density at radius 2 is 2.25 bits per heavy atom. The summed E-state index contributed by atoms with van der Waals surface area (Å²) in [6.45, 7) is 6.22. The zero-order valence-electron chi connectivity index (χ0n) is 9.83. The van der Waals surface area contributed by atoms with E-state index in [2.05, 4.69) is 24.1 Å². The van der Waals surface area contributed by atoms with E-state index >= 15 is 0 Å². The van der Waals surface area contributed by atoms with Gasteiger partial charge in [0, 0.05) is 18.4 Å². The lowest BCUT2D eigenvalue weighted by Crippen LogP contribution is -2.37. The molecule has 1 rings (SSSR count). The summed E-state index contributed by atoms with van der Waals surface area (Å²) >= 11 is 5.89. The Morgan fingerprint density at radius 3 is 2.81 bits per heavy atom. The summed E-state index contributed by atoms with van der Waals surface area (Å²) in [5.41, 5.74) is 0.479. The second-order valence-corrected chi connectivity index (χ2v) is 4.41. The molecule has 0 aliphatic heterocycles. The van der Waals surface area contributed by atoms with Gasteiger partial charge in [0.2, 0.25) is 0 Å². The standard InChI is InChI=1S/C12H17ClN2O/c1-4-8(2)9(3)15-12(16)10-5-6-14-7-11(10)13/h5-9H,4H2,1-3H3,(H,15,16). The van der Waals surface area contributed by atoms with Gasteiger partial charge in [0.1, 0.15) is 0 Å². The lowest BCUT2D eigenvalue weighted by molar-refractivity contribution is 0.0928. The second kappa shape index (κ2) is 5.85. The van der Waals surface area contributed by atoms with Gasteiger partial charge in [-0.25, -0.2) is 0 Å². The quantitative estimate of drug-likeness (QED) is 0.879. The van der Waals surface area contributed by atoms with Gasteiger partial charge in [0.05, 0.1) is 10.6 Å². The van der Waals surface area contributed by atoms with Crippen molar-refractivity contribution >= 4 is 17.5 Å². The van der Waals surface area contributed by atoms with Crippen LogP contribution in [0.1, 0.15) is 37.6 Å². The van der Waals surface area contributed by atoms with Crippen molar-refractivity contribution in [2.24, 2.45) is 5.92 Å². The molecule has 2 unspecified atom stereocenters. The van der Waals surface area contributed by atoms with E-state index in [-0.39, 0.29) is 11.9 Å². The monoisotopic (exact) mass is 240 g/mol. The van der Waals surface area contributed by atoms with Crippen molar-refractivity contribution in [1.82, 2.24) is 10.3 Å².